The predicted octanol–water partition coefficient (Wildman–Crippen LogP) is 4.42. The van der Waals surface area contributed by atoms with Crippen LogP contribution in [0, 0.1) is 11.8 Å². The van der Waals surface area contributed by atoms with Crippen LogP contribution < -0.4 is 10.1 Å². The molecule has 2 unspecified atom stereocenters. The number of para-hydroxylation sites is 1. The van der Waals surface area contributed by atoms with E-state index in [4.69, 9.17) is 4.74 Å². The van der Waals surface area contributed by atoms with Crippen molar-refractivity contribution in [1.82, 2.24) is 5.32 Å². The van der Waals surface area contributed by atoms with Crippen molar-refractivity contribution in [3.63, 3.8) is 0 Å². The van der Waals surface area contributed by atoms with Crippen molar-refractivity contribution in [2.75, 3.05) is 13.2 Å². The van der Waals surface area contributed by atoms with Gasteiger partial charge in [-0.2, -0.15) is 0 Å². The third-order valence-corrected chi connectivity index (χ3v) is 3.75. The van der Waals surface area contributed by atoms with Gasteiger partial charge in [-0.15, -0.1) is 0 Å². The topological polar surface area (TPSA) is 21.3 Å². The first-order chi connectivity index (χ1) is 9.11. The van der Waals surface area contributed by atoms with E-state index in [-0.39, 0.29) is 0 Å². The van der Waals surface area contributed by atoms with Crippen molar-refractivity contribution in [1.29, 1.82) is 0 Å². The summed E-state index contributed by atoms with van der Waals surface area (Å²) in [5, 5.41) is 3.69. The monoisotopic (exact) mass is 263 g/mol. The average molecular weight is 263 g/mol. The number of hydrogen-bond acceptors (Lipinski definition) is 2. The van der Waals surface area contributed by atoms with Crippen LogP contribution in [0.5, 0.6) is 5.75 Å². The first-order valence-corrected chi connectivity index (χ1v) is 7.56. The molecule has 0 fully saturated rings. The van der Waals surface area contributed by atoms with Crippen LogP contribution in [0.2, 0.25) is 0 Å². The number of benzene rings is 1. The SMILES string of the molecule is CCCNC(c1ccccc1OCC)C(C)C(C)C. The Balaban J connectivity index is 3.01. The van der Waals surface area contributed by atoms with E-state index in [0.717, 1.165) is 18.7 Å². The lowest BCUT2D eigenvalue weighted by Crippen LogP contribution is -2.30. The van der Waals surface area contributed by atoms with Gasteiger partial charge in [0.15, 0.2) is 0 Å². The summed E-state index contributed by atoms with van der Waals surface area (Å²) >= 11 is 0. The molecule has 0 bridgehead atoms. The molecule has 0 aliphatic rings. The molecule has 1 aromatic rings. The average Bonchev–Trinajstić information content (AvgIpc) is 2.40. The third kappa shape index (κ3) is 4.54. The molecule has 1 N–H and O–H groups in total. The standard InChI is InChI=1S/C17H29NO/c1-6-12-18-17(14(5)13(3)4)15-10-8-9-11-16(15)19-7-2/h8-11,13-14,17-18H,6-7,12H2,1-5H3. The molecule has 2 atom stereocenters. The minimum Gasteiger partial charge on any atom is -0.494 e. The Morgan fingerprint density at radius 1 is 1.11 bits per heavy atom. The number of nitrogens with one attached hydrogen (secondary N) is 1. The van der Waals surface area contributed by atoms with Gasteiger partial charge in [-0.3, -0.25) is 0 Å². The minimum atomic E-state index is 0.364. The molecule has 0 aromatic heterocycles. The predicted molar refractivity (Wildman–Crippen MR) is 82.6 cm³/mol. The summed E-state index contributed by atoms with van der Waals surface area (Å²) in [7, 11) is 0. The Morgan fingerprint density at radius 2 is 1.79 bits per heavy atom. The highest BCUT2D eigenvalue weighted by Gasteiger charge is 2.23. The maximum Gasteiger partial charge on any atom is 0.124 e. The fourth-order valence-electron chi connectivity index (χ4n) is 2.29. The van der Waals surface area contributed by atoms with Crippen LogP contribution in [-0.2, 0) is 0 Å². The van der Waals surface area contributed by atoms with Gasteiger partial charge in [0, 0.05) is 11.6 Å². The van der Waals surface area contributed by atoms with Crippen LogP contribution in [0.25, 0.3) is 0 Å². The van der Waals surface area contributed by atoms with Crippen LogP contribution in [0.15, 0.2) is 24.3 Å². The highest BCUT2D eigenvalue weighted by atomic mass is 16.5. The molecule has 0 saturated heterocycles. The largest absolute Gasteiger partial charge is 0.494 e. The second-order valence-corrected chi connectivity index (χ2v) is 5.51. The van der Waals surface area contributed by atoms with Gasteiger partial charge in [-0.05, 0) is 37.8 Å². The minimum absolute atomic E-state index is 0.364. The maximum atomic E-state index is 5.79. The molecule has 108 valence electrons. The molecule has 0 amide bonds. The van der Waals surface area contributed by atoms with Crippen molar-refractivity contribution in [2.45, 2.75) is 47.1 Å². The fraction of sp³-hybridized carbons (Fsp3) is 0.647. The third-order valence-electron chi connectivity index (χ3n) is 3.75. The smallest absolute Gasteiger partial charge is 0.124 e. The van der Waals surface area contributed by atoms with Crippen molar-refractivity contribution in [3.8, 4) is 5.75 Å². The summed E-state index contributed by atoms with van der Waals surface area (Å²) in [5.74, 6) is 2.24. The molecular formula is C17H29NO. The molecule has 2 nitrogen and oxygen atoms in total. The highest BCUT2D eigenvalue weighted by molar-refractivity contribution is 5.36. The van der Waals surface area contributed by atoms with E-state index in [2.05, 4.69) is 51.2 Å². The summed E-state index contributed by atoms with van der Waals surface area (Å²) in [6, 6.07) is 8.78. The fourth-order valence-corrected chi connectivity index (χ4v) is 2.29. The zero-order chi connectivity index (χ0) is 14.3. The van der Waals surface area contributed by atoms with Crippen LogP contribution >= 0.6 is 0 Å². The van der Waals surface area contributed by atoms with Gasteiger partial charge in [0.05, 0.1) is 6.61 Å². The Kier molecular flexibility index (Phi) is 6.93. The summed E-state index contributed by atoms with van der Waals surface area (Å²) in [5.41, 5.74) is 1.29. The normalized spacial score (nSPS) is 14.4. The molecule has 0 aliphatic heterocycles. The van der Waals surface area contributed by atoms with E-state index >= 15 is 0 Å². The lowest BCUT2D eigenvalue weighted by atomic mass is 9.85. The van der Waals surface area contributed by atoms with Gasteiger partial charge in [0.2, 0.25) is 0 Å². The zero-order valence-electron chi connectivity index (χ0n) is 13.1. The van der Waals surface area contributed by atoms with Crippen molar-refractivity contribution in [2.24, 2.45) is 11.8 Å². The van der Waals surface area contributed by atoms with Gasteiger partial charge in [-0.1, -0.05) is 45.9 Å². The first kappa shape index (κ1) is 16.0. The van der Waals surface area contributed by atoms with E-state index < -0.39 is 0 Å². The Bertz CT molecular complexity index is 362. The van der Waals surface area contributed by atoms with Crippen LogP contribution in [-0.4, -0.2) is 13.2 Å². The van der Waals surface area contributed by atoms with Crippen molar-refractivity contribution in [3.05, 3.63) is 29.8 Å². The Labute approximate surface area is 118 Å². The molecule has 0 aliphatic carbocycles. The summed E-state index contributed by atoms with van der Waals surface area (Å²) in [6.45, 7) is 12.9. The zero-order valence-corrected chi connectivity index (χ0v) is 13.1. The van der Waals surface area contributed by atoms with Gasteiger partial charge in [0.25, 0.3) is 0 Å². The van der Waals surface area contributed by atoms with Gasteiger partial charge in [-0.25, -0.2) is 0 Å². The van der Waals surface area contributed by atoms with E-state index in [1.165, 1.54) is 5.56 Å². The lowest BCUT2D eigenvalue weighted by Gasteiger charge is -2.29. The molecule has 19 heavy (non-hydrogen) atoms. The number of rotatable bonds is 8. The van der Waals surface area contributed by atoms with Gasteiger partial charge >= 0.3 is 0 Å². The summed E-state index contributed by atoms with van der Waals surface area (Å²) in [4.78, 5) is 0. The van der Waals surface area contributed by atoms with E-state index in [0.29, 0.717) is 24.5 Å². The molecule has 0 heterocycles. The van der Waals surface area contributed by atoms with E-state index in [9.17, 15) is 0 Å². The molecule has 0 saturated carbocycles. The molecule has 0 radical (unpaired) electrons. The van der Waals surface area contributed by atoms with Gasteiger partial charge in [0.1, 0.15) is 5.75 Å². The highest BCUT2D eigenvalue weighted by Crippen LogP contribution is 2.33. The number of hydrogen-bond donors (Lipinski definition) is 1. The van der Waals surface area contributed by atoms with Crippen molar-refractivity contribution >= 4 is 0 Å². The first-order valence-electron chi connectivity index (χ1n) is 7.56. The second-order valence-electron chi connectivity index (χ2n) is 5.51. The molecule has 1 rings (SSSR count). The number of ether oxygens (including phenoxy) is 1. The van der Waals surface area contributed by atoms with Crippen molar-refractivity contribution < 1.29 is 4.74 Å². The Morgan fingerprint density at radius 3 is 2.37 bits per heavy atom. The quantitative estimate of drug-likeness (QED) is 0.749. The van der Waals surface area contributed by atoms with Crippen LogP contribution in [0.1, 0.15) is 52.6 Å². The van der Waals surface area contributed by atoms with Crippen LogP contribution in [0.3, 0.4) is 0 Å². The molecule has 1 aromatic carbocycles. The summed E-state index contributed by atoms with van der Waals surface area (Å²) < 4.78 is 5.79. The molecule has 2 heteroatoms. The van der Waals surface area contributed by atoms with Crippen LogP contribution in [0.4, 0.5) is 0 Å². The van der Waals surface area contributed by atoms with Gasteiger partial charge < -0.3 is 10.1 Å². The van der Waals surface area contributed by atoms with E-state index in [1.807, 2.05) is 13.0 Å². The molecular weight excluding hydrogens is 234 g/mol. The molecule has 0 spiro atoms. The van der Waals surface area contributed by atoms with E-state index in [1.54, 1.807) is 0 Å². The second kappa shape index (κ2) is 8.21. The summed E-state index contributed by atoms with van der Waals surface area (Å²) in [6.07, 6.45) is 1.15. The maximum absolute atomic E-state index is 5.79. The Hall–Kier alpha value is -1.02. The lowest BCUT2D eigenvalue weighted by molar-refractivity contribution is 0.284.